The molecule has 15 nitrogen and oxygen atoms in total. The SMILES string of the molecule is CC(C)OC(=O)[C@H](C)NP(=O)(OC[C@H]1OC(n2ccc(N)nc2=O)=C(N=[N+]=[N-])[C@@H]1O)Oc1ccccc1Cl. The number of para-hydroxylation sites is 1. The maximum absolute atomic E-state index is 13.7. The zero-order valence-electron chi connectivity index (χ0n) is 20.4. The normalized spacial score (nSPS) is 19.3. The van der Waals surface area contributed by atoms with E-state index in [2.05, 4.69) is 20.1 Å². The Morgan fingerprint density at radius 2 is 2.11 bits per heavy atom. The third-order valence-corrected chi connectivity index (χ3v) is 6.77. The topological polar surface area (TPSA) is 213 Å². The number of carbonyl (C=O) groups is 1. The summed E-state index contributed by atoms with van der Waals surface area (Å²) in [5, 5.41) is 16.7. The Balaban J connectivity index is 1.85. The number of nitrogens with one attached hydrogen (secondary N) is 1. The van der Waals surface area contributed by atoms with Gasteiger partial charge < -0.3 is 24.8 Å². The Kier molecular flexibility index (Phi) is 9.39. The highest BCUT2D eigenvalue weighted by Crippen LogP contribution is 2.47. The molecule has 4 N–H and O–H groups in total. The number of aliphatic hydroxyl groups excluding tert-OH is 1. The largest absolute Gasteiger partial charge is 0.469 e. The van der Waals surface area contributed by atoms with Crippen LogP contribution in [0.25, 0.3) is 16.3 Å². The second-order valence-corrected chi connectivity index (χ2v) is 10.2. The van der Waals surface area contributed by atoms with Gasteiger partial charge in [-0.1, -0.05) is 28.8 Å². The van der Waals surface area contributed by atoms with Gasteiger partial charge in [0.25, 0.3) is 0 Å². The highest BCUT2D eigenvalue weighted by molar-refractivity contribution is 7.52. The lowest BCUT2D eigenvalue weighted by molar-refractivity contribution is -0.149. The van der Waals surface area contributed by atoms with E-state index >= 15 is 0 Å². The molecule has 1 unspecified atom stereocenters. The predicted molar refractivity (Wildman–Crippen MR) is 136 cm³/mol. The van der Waals surface area contributed by atoms with Crippen molar-refractivity contribution in [3.63, 3.8) is 0 Å². The molecular weight excluding hydrogens is 545 g/mol. The van der Waals surface area contributed by atoms with Gasteiger partial charge in [-0.2, -0.15) is 10.1 Å². The van der Waals surface area contributed by atoms with Crippen LogP contribution in [0.4, 0.5) is 5.82 Å². The number of esters is 1. The lowest BCUT2D eigenvalue weighted by Gasteiger charge is -2.25. The molecule has 0 radical (unpaired) electrons. The van der Waals surface area contributed by atoms with Gasteiger partial charge in [-0.15, -0.1) is 0 Å². The van der Waals surface area contributed by atoms with Gasteiger partial charge in [0.2, 0.25) is 5.88 Å². The number of ether oxygens (including phenoxy) is 2. The quantitative estimate of drug-likeness (QED) is 0.118. The van der Waals surface area contributed by atoms with Gasteiger partial charge in [0.15, 0.2) is 6.10 Å². The fourth-order valence-electron chi connectivity index (χ4n) is 3.13. The highest BCUT2D eigenvalue weighted by atomic mass is 35.5. The second kappa shape index (κ2) is 12.3. The molecule has 38 heavy (non-hydrogen) atoms. The van der Waals surface area contributed by atoms with Crippen molar-refractivity contribution in [2.75, 3.05) is 12.3 Å². The summed E-state index contributed by atoms with van der Waals surface area (Å²) in [6.07, 6.45) is -2.16. The first-order chi connectivity index (χ1) is 17.9. The van der Waals surface area contributed by atoms with Crippen molar-refractivity contribution < 1.29 is 33.0 Å². The van der Waals surface area contributed by atoms with E-state index in [1.807, 2.05) is 0 Å². The number of anilines is 1. The molecule has 0 amide bonds. The van der Waals surface area contributed by atoms with E-state index in [1.165, 1.54) is 31.3 Å². The summed E-state index contributed by atoms with van der Waals surface area (Å²) < 4.78 is 36.4. The average molecular weight is 570 g/mol. The van der Waals surface area contributed by atoms with E-state index in [-0.39, 0.29) is 28.2 Å². The Morgan fingerprint density at radius 1 is 1.39 bits per heavy atom. The number of nitrogen functional groups attached to an aromatic ring is 1. The van der Waals surface area contributed by atoms with Crippen LogP contribution < -0.4 is 21.0 Å². The first kappa shape index (κ1) is 29.0. The summed E-state index contributed by atoms with van der Waals surface area (Å²) in [5.41, 5.74) is 13.2. The van der Waals surface area contributed by atoms with Gasteiger partial charge in [-0.25, -0.2) is 13.9 Å². The van der Waals surface area contributed by atoms with Crippen LogP contribution >= 0.6 is 19.3 Å². The number of aliphatic hydroxyl groups is 1. The molecule has 1 aliphatic heterocycles. The van der Waals surface area contributed by atoms with Gasteiger partial charge in [0.05, 0.1) is 17.7 Å². The first-order valence-electron chi connectivity index (χ1n) is 11.1. The third kappa shape index (κ3) is 7.04. The molecule has 2 aromatic rings. The van der Waals surface area contributed by atoms with Crippen LogP contribution in [0.15, 0.2) is 52.1 Å². The van der Waals surface area contributed by atoms with Crippen LogP contribution in [-0.2, 0) is 23.4 Å². The number of rotatable bonds is 11. The predicted octanol–water partition coefficient (Wildman–Crippen LogP) is 2.81. The van der Waals surface area contributed by atoms with Gasteiger partial charge in [0, 0.05) is 11.1 Å². The number of hydrogen-bond donors (Lipinski definition) is 3. The molecule has 0 aliphatic carbocycles. The fourth-order valence-corrected chi connectivity index (χ4v) is 4.88. The lowest BCUT2D eigenvalue weighted by Crippen LogP contribution is -2.37. The van der Waals surface area contributed by atoms with Gasteiger partial charge >= 0.3 is 19.4 Å². The minimum Gasteiger partial charge on any atom is -0.469 e. The highest BCUT2D eigenvalue weighted by Gasteiger charge is 2.40. The van der Waals surface area contributed by atoms with Crippen LogP contribution in [-0.4, -0.2) is 51.6 Å². The first-order valence-corrected chi connectivity index (χ1v) is 13.0. The minimum atomic E-state index is -4.39. The molecule has 17 heteroatoms. The standard InChI is InChI=1S/C21H25ClN7O8P/c1-11(2)35-20(31)12(3)27-38(33,37-14-7-5-4-6-13(14)22)34-10-15-18(30)17(26-28-24)19(36-15)29-9-8-16(23)25-21(29)32/h4-9,11-12,15,18,30H,10H2,1-3H3,(H,27,33)(H2,23,25,32)/t12-,15+,18+,38?/m0/s1. The second-order valence-electron chi connectivity index (χ2n) is 8.14. The summed E-state index contributed by atoms with van der Waals surface area (Å²) >= 11 is 6.13. The van der Waals surface area contributed by atoms with Crippen LogP contribution in [0.3, 0.4) is 0 Å². The van der Waals surface area contributed by atoms with E-state index in [0.717, 1.165) is 4.57 Å². The zero-order valence-corrected chi connectivity index (χ0v) is 22.1. The number of azide groups is 1. The molecule has 0 saturated carbocycles. The van der Waals surface area contributed by atoms with E-state index < -0.39 is 50.4 Å². The average Bonchev–Trinajstić information content (AvgIpc) is 3.14. The summed E-state index contributed by atoms with van der Waals surface area (Å²) in [7, 11) is -4.39. The minimum absolute atomic E-state index is 0.0181. The monoisotopic (exact) mass is 569 g/mol. The van der Waals surface area contributed by atoms with Crippen molar-refractivity contribution in [2.24, 2.45) is 5.11 Å². The number of benzene rings is 1. The Bertz CT molecular complexity index is 1380. The molecule has 3 rings (SSSR count). The molecule has 0 bridgehead atoms. The maximum Gasteiger partial charge on any atom is 0.459 e. The van der Waals surface area contributed by atoms with Crippen LogP contribution in [0.1, 0.15) is 20.8 Å². The molecule has 1 aliphatic rings. The molecule has 2 heterocycles. The molecule has 1 aromatic heterocycles. The van der Waals surface area contributed by atoms with E-state index in [9.17, 15) is 19.3 Å². The van der Waals surface area contributed by atoms with Crippen molar-refractivity contribution >= 4 is 37.0 Å². The Morgan fingerprint density at radius 3 is 2.74 bits per heavy atom. The molecule has 204 valence electrons. The number of nitrogens with two attached hydrogens (primary N) is 1. The Labute approximate surface area is 221 Å². The molecule has 0 fully saturated rings. The molecular formula is C21H25ClN7O8P. The fraction of sp³-hybridized carbons (Fsp3) is 0.381. The molecule has 0 saturated heterocycles. The Hall–Kier alpha value is -3.58. The zero-order chi connectivity index (χ0) is 28.0. The molecule has 4 atom stereocenters. The van der Waals surface area contributed by atoms with Crippen LogP contribution in [0, 0.1) is 0 Å². The van der Waals surface area contributed by atoms with Crippen molar-refractivity contribution in [3.8, 4) is 5.75 Å². The number of halogens is 1. The smallest absolute Gasteiger partial charge is 0.459 e. The summed E-state index contributed by atoms with van der Waals surface area (Å²) in [6, 6.07) is 6.26. The summed E-state index contributed by atoms with van der Waals surface area (Å²) in [4.78, 5) is 30.8. The van der Waals surface area contributed by atoms with Gasteiger partial charge in [-0.05, 0) is 44.5 Å². The molecule has 0 spiro atoms. The van der Waals surface area contributed by atoms with E-state index in [4.69, 9.17) is 41.4 Å². The third-order valence-electron chi connectivity index (χ3n) is 4.83. The van der Waals surface area contributed by atoms with E-state index in [1.54, 1.807) is 26.0 Å². The van der Waals surface area contributed by atoms with Gasteiger partial charge in [0.1, 0.15) is 29.4 Å². The van der Waals surface area contributed by atoms with Crippen LogP contribution in [0.5, 0.6) is 5.75 Å². The van der Waals surface area contributed by atoms with Crippen LogP contribution in [0.2, 0.25) is 5.02 Å². The number of hydrogen-bond acceptors (Lipinski definition) is 11. The lowest BCUT2D eigenvalue weighted by atomic mass is 10.2. The van der Waals surface area contributed by atoms with Crippen molar-refractivity contribution in [1.29, 1.82) is 0 Å². The van der Waals surface area contributed by atoms with Crippen molar-refractivity contribution in [2.45, 2.75) is 45.1 Å². The molecule has 1 aromatic carbocycles. The van der Waals surface area contributed by atoms with E-state index in [0.29, 0.717) is 0 Å². The maximum atomic E-state index is 13.7. The summed E-state index contributed by atoms with van der Waals surface area (Å²) in [6.45, 7) is 4.06. The van der Waals surface area contributed by atoms with Gasteiger partial charge in [-0.3, -0.25) is 9.32 Å². The number of nitrogens with zero attached hydrogens (tertiary/aromatic N) is 5. The van der Waals surface area contributed by atoms with Crippen molar-refractivity contribution in [3.05, 3.63) is 68.2 Å². The number of carbonyl (C=O) groups excluding carboxylic acids is 1. The van der Waals surface area contributed by atoms with Crippen molar-refractivity contribution in [1.82, 2.24) is 14.6 Å². The summed E-state index contributed by atoms with van der Waals surface area (Å²) in [5.74, 6) is -1.14. The number of aromatic nitrogens is 2.